The summed E-state index contributed by atoms with van der Waals surface area (Å²) in [5.74, 6) is -0.0713. The van der Waals surface area contributed by atoms with Gasteiger partial charge in [-0.25, -0.2) is 0 Å². The van der Waals surface area contributed by atoms with Crippen LogP contribution in [0.4, 0.5) is 0 Å². The quantitative estimate of drug-likeness (QED) is 0.772. The number of aromatic amines is 1. The third kappa shape index (κ3) is 4.33. The first-order valence-electron chi connectivity index (χ1n) is 8.29. The van der Waals surface area contributed by atoms with Crippen LogP contribution in [-0.4, -0.2) is 43.4 Å². The topological polar surface area (TPSA) is 63.4 Å². The lowest BCUT2D eigenvalue weighted by atomic mass is 10.2. The normalized spacial score (nSPS) is 17.7. The molecular weight excluding hydrogens is 292 g/mol. The summed E-state index contributed by atoms with van der Waals surface area (Å²) in [6.45, 7) is 4.81. The Balaban J connectivity index is 1.38. The van der Waals surface area contributed by atoms with Gasteiger partial charge in [-0.05, 0) is 43.9 Å². The van der Waals surface area contributed by atoms with Crippen molar-refractivity contribution in [2.45, 2.75) is 32.3 Å². The molecule has 5 nitrogen and oxygen atoms in total. The molecule has 0 bridgehead atoms. The summed E-state index contributed by atoms with van der Waals surface area (Å²) in [6.07, 6.45) is 3.29. The number of fused-ring (bicyclic) bond motifs is 1. The maximum Gasteiger partial charge on any atom is 0.267 e. The first kappa shape index (κ1) is 16.0. The monoisotopic (exact) mass is 316 g/mol. The van der Waals surface area contributed by atoms with E-state index in [1.165, 1.54) is 5.56 Å². The van der Waals surface area contributed by atoms with Crippen LogP contribution in [0.3, 0.4) is 0 Å². The van der Waals surface area contributed by atoms with Crippen LogP contribution >= 0.6 is 0 Å². The van der Waals surface area contributed by atoms with Crippen molar-refractivity contribution in [1.29, 1.82) is 0 Å². The molecule has 2 heterocycles. The van der Waals surface area contributed by atoms with E-state index in [1.807, 2.05) is 31.2 Å². The molecule has 1 aliphatic heterocycles. The fourth-order valence-electron chi connectivity index (χ4n) is 2.83. The van der Waals surface area contributed by atoms with Gasteiger partial charge in [0.1, 0.15) is 5.69 Å². The maximum absolute atomic E-state index is 12.1. The molecule has 1 aromatic heterocycles. The molecule has 0 aliphatic carbocycles. The number of carbonyl (C=O) groups is 1. The Bertz CT molecular complexity index is 659. The van der Waals surface area contributed by atoms with Gasteiger partial charge in [0, 0.05) is 30.7 Å². The van der Waals surface area contributed by atoms with Crippen LogP contribution in [0.5, 0.6) is 0 Å². The maximum atomic E-state index is 12.1. The standard InChI is InChI=1S/C18H24N2O3/c1-13-5-6-14-11-17(20-16(14)10-13)18(21)19-7-3-8-22-12-15-4-2-9-23-15/h5-6,10-11,15,20H,2-4,7-9,12H2,1H3,(H,19,21). The van der Waals surface area contributed by atoms with Gasteiger partial charge in [-0.1, -0.05) is 12.1 Å². The number of aryl methyl sites for hydroxylation is 1. The highest BCUT2D eigenvalue weighted by molar-refractivity contribution is 5.98. The molecule has 1 aliphatic rings. The Labute approximate surface area is 136 Å². The average Bonchev–Trinajstić information content (AvgIpc) is 3.19. The Morgan fingerprint density at radius 2 is 2.35 bits per heavy atom. The average molecular weight is 316 g/mol. The number of benzene rings is 1. The van der Waals surface area contributed by atoms with E-state index in [0.717, 1.165) is 36.8 Å². The molecule has 3 rings (SSSR count). The highest BCUT2D eigenvalue weighted by Crippen LogP contribution is 2.16. The third-order valence-electron chi connectivity index (χ3n) is 4.10. The van der Waals surface area contributed by atoms with Crippen LogP contribution in [-0.2, 0) is 9.47 Å². The predicted molar refractivity (Wildman–Crippen MR) is 89.8 cm³/mol. The number of rotatable bonds is 7. The zero-order chi connectivity index (χ0) is 16.1. The third-order valence-corrected chi connectivity index (χ3v) is 4.10. The van der Waals surface area contributed by atoms with Crippen LogP contribution in [0.15, 0.2) is 24.3 Å². The molecule has 1 atom stereocenters. The SMILES string of the molecule is Cc1ccc2cc(C(=O)NCCCOCC3CCCO3)[nH]c2c1. The van der Waals surface area contributed by atoms with E-state index in [1.54, 1.807) is 0 Å². The van der Waals surface area contributed by atoms with Crippen molar-refractivity contribution in [3.63, 3.8) is 0 Å². The predicted octanol–water partition coefficient (Wildman–Crippen LogP) is 2.79. The summed E-state index contributed by atoms with van der Waals surface area (Å²) in [5, 5.41) is 3.98. The molecule has 2 aromatic rings. The molecule has 1 amide bonds. The molecule has 1 saturated heterocycles. The lowest BCUT2D eigenvalue weighted by molar-refractivity contribution is 0.0166. The van der Waals surface area contributed by atoms with Crippen LogP contribution < -0.4 is 5.32 Å². The van der Waals surface area contributed by atoms with Gasteiger partial charge in [0.2, 0.25) is 0 Å². The highest BCUT2D eigenvalue weighted by Gasteiger charge is 2.15. The molecule has 0 saturated carbocycles. The van der Waals surface area contributed by atoms with E-state index in [0.29, 0.717) is 25.5 Å². The summed E-state index contributed by atoms with van der Waals surface area (Å²) in [6, 6.07) is 8.00. The van der Waals surface area contributed by atoms with Crippen molar-refractivity contribution in [3.8, 4) is 0 Å². The zero-order valence-electron chi connectivity index (χ0n) is 13.6. The molecule has 1 fully saturated rings. The summed E-state index contributed by atoms with van der Waals surface area (Å²) in [7, 11) is 0. The van der Waals surface area contributed by atoms with E-state index < -0.39 is 0 Å². The smallest absolute Gasteiger partial charge is 0.267 e. The van der Waals surface area contributed by atoms with Crippen LogP contribution in [0.2, 0.25) is 0 Å². The first-order valence-corrected chi connectivity index (χ1v) is 8.29. The number of ether oxygens (including phenoxy) is 2. The van der Waals surface area contributed by atoms with Gasteiger partial charge < -0.3 is 19.8 Å². The van der Waals surface area contributed by atoms with Gasteiger partial charge in [-0.3, -0.25) is 4.79 Å². The first-order chi connectivity index (χ1) is 11.2. The molecule has 2 N–H and O–H groups in total. The van der Waals surface area contributed by atoms with Crippen molar-refractivity contribution in [1.82, 2.24) is 10.3 Å². The van der Waals surface area contributed by atoms with Crippen molar-refractivity contribution in [3.05, 3.63) is 35.5 Å². The number of hydrogen-bond donors (Lipinski definition) is 2. The lowest BCUT2D eigenvalue weighted by Gasteiger charge is -2.10. The number of amides is 1. The highest BCUT2D eigenvalue weighted by atomic mass is 16.5. The minimum absolute atomic E-state index is 0.0713. The molecule has 0 radical (unpaired) electrons. The summed E-state index contributed by atoms with van der Waals surface area (Å²) >= 11 is 0. The second-order valence-electron chi connectivity index (χ2n) is 6.09. The van der Waals surface area contributed by atoms with E-state index in [9.17, 15) is 4.79 Å². The summed E-state index contributed by atoms with van der Waals surface area (Å²) in [4.78, 5) is 15.3. The Morgan fingerprint density at radius 3 is 3.17 bits per heavy atom. The molecule has 0 spiro atoms. The van der Waals surface area contributed by atoms with Gasteiger partial charge >= 0.3 is 0 Å². The van der Waals surface area contributed by atoms with E-state index in [4.69, 9.17) is 9.47 Å². The van der Waals surface area contributed by atoms with E-state index in [2.05, 4.69) is 10.3 Å². The number of carbonyl (C=O) groups excluding carboxylic acids is 1. The number of nitrogens with one attached hydrogen (secondary N) is 2. The van der Waals surface area contributed by atoms with Crippen molar-refractivity contribution < 1.29 is 14.3 Å². The fourth-order valence-corrected chi connectivity index (χ4v) is 2.83. The molecule has 1 aromatic carbocycles. The molecular formula is C18H24N2O3. The zero-order valence-corrected chi connectivity index (χ0v) is 13.6. The van der Waals surface area contributed by atoms with Crippen molar-refractivity contribution in [2.75, 3.05) is 26.4 Å². The fraction of sp³-hybridized carbons (Fsp3) is 0.500. The summed E-state index contributed by atoms with van der Waals surface area (Å²) < 4.78 is 11.1. The second-order valence-corrected chi connectivity index (χ2v) is 6.09. The van der Waals surface area contributed by atoms with Crippen molar-refractivity contribution in [2.24, 2.45) is 0 Å². The number of H-pyrrole nitrogens is 1. The van der Waals surface area contributed by atoms with Gasteiger partial charge in [0.15, 0.2) is 0 Å². The largest absolute Gasteiger partial charge is 0.379 e. The van der Waals surface area contributed by atoms with Gasteiger partial charge in [0.25, 0.3) is 5.91 Å². The van der Waals surface area contributed by atoms with Gasteiger partial charge in [-0.15, -0.1) is 0 Å². The summed E-state index contributed by atoms with van der Waals surface area (Å²) in [5.41, 5.74) is 2.77. The molecule has 5 heteroatoms. The Morgan fingerprint density at radius 1 is 1.43 bits per heavy atom. The van der Waals surface area contributed by atoms with E-state index >= 15 is 0 Å². The van der Waals surface area contributed by atoms with E-state index in [-0.39, 0.29) is 12.0 Å². The van der Waals surface area contributed by atoms with Gasteiger partial charge in [0.05, 0.1) is 12.7 Å². The second kappa shape index (κ2) is 7.62. The minimum atomic E-state index is -0.0713. The van der Waals surface area contributed by atoms with Gasteiger partial charge in [-0.2, -0.15) is 0 Å². The number of aromatic nitrogens is 1. The molecule has 124 valence electrons. The molecule has 23 heavy (non-hydrogen) atoms. The Kier molecular flexibility index (Phi) is 5.31. The minimum Gasteiger partial charge on any atom is -0.379 e. The van der Waals surface area contributed by atoms with Crippen LogP contribution in [0.1, 0.15) is 35.3 Å². The van der Waals surface area contributed by atoms with Crippen LogP contribution in [0.25, 0.3) is 10.9 Å². The van der Waals surface area contributed by atoms with Crippen LogP contribution in [0, 0.1) is 6.92 Å². The Hall–Kier alpha value is -1.85. The van der Waals surface area contributed by atoms with Crippen molar-refractivity contribution >= 4 is 16.8 Å². The lowest BCUT2D eigenvalue weighted by Crippen LogP contribution is -2.26. The molecule has 1 unspecified atom stereocenters. The number of hydrogen-bond acceptors (Lipinski definition) is 3.